The number of anilines is 3. The van der Waals surface area contributed by atoms with E-state index >= 15 is 0 Å². The second kappa shape index (κ2) is 10.6. The van der Waals surface area contributed by atoms with Crippen LogP contribution in [0.1, 0.15) is 0 Å². The van der Waals surface area contributed by atoms with Gasteiger partial charge in [0, 0.05) is 37.2 Å². The Balaban J connectivity index is 1.18. The molecule has 0 unspecified atom stereocenters. The molecule has 2 heteroatoms. The third kappa shape index (κ3) is 4.13. The number of benzene rings is 10. The topological polar surface area (TPSA) is 3.24 Å². The first-order chi connectivity index (χ1) is 24.8. The number of rotatable bonds is 3. The first-order valence-corrected chi connectivity index (χ1v) is 18.0. The third-order valence-electron chi connectivity index (χ3n) is 10.5. The number of hydrogen-bond acceptors (Lipinski definition) is 2. The minimum Gasteiger partial charge on any atom is -0.310 e. The summed E-state index contributed by atoms with van der Waals surface area (Å²) in [6.07, 6.45) is 0. The van der Waals surface area contributed by atoms with Crippen LogP contribution in [-0.2, 0) is 0 Å². The van der Waals surface area contributed by atoms with Crippen LogP contribution in [0, 0.1) is 0 Å². The second-order valence-electron chi connectivity index (χ2n) is 13.3. The maximum absolute atomic E-state index is 2.44. The molecular weight excluding hydrogens is 623 g/mol. The van der Waals surface area contributed by atoms with Gasteiger partial charge in [-0.3, -0.25) is 0 Å². The van der Waals surface area contributed by atoms with Crippen LogP contribution < -0.4 is 4.90 Å². The normalized spacial score (nSPS) is 12.0. The monoisotopic (exact) mass is 651 g/mol. The zero-order valence-corrected chi connectivity index (χ0v) is 27.9. The van der Waals surface area contributed by atoms with Crippen LogP contribution in [0.4, 0.5) is 17.1 Å². The molecule has 0 aliphatic heterocycles. The highest BCUT2D eigenvalue weighted by Crippen LogP contribution is 2.46. The summed E-state index contributed by atoms with van der Waals surface area (Å²) < 4.78 is 2.66. The highest BCUT2D eigenvalue weighted by Gasteiger charge is 2.18. The average Bonchev–Trinajstić information content (AvgIpc) is 3.54. The maximum atomic E-state index is 2.44. The first-order valence-electron chi connectivity index (χ1n) is 17.2. The van der Waals surface area contributed by atoms with Crippen molar-refractivity contribution in [2.45, 2.75) is 0 Å². The fourth-order valence-corrected chi connectivity index (χ4v) is 9.35. The fourth-order valence-electron chi connectivity index (χ4n) is 8.21. The van der Waals surface area contributed by atoms with E-state index in [-0.39, 0.29) is 0 Å². The molecular formula is C48H29NS. The lowest BCUT2D eigenvalue weighted by atomic mass is 9.91. The Morgan fingerprint density at radius 3 is 1.36 bits per heavy atom. The second-order valence-corrected chi connectivity index (χ2v) is 14.4. The smallest absolute Gasteiger partial charge is 0.0468 e. The summed E-state index contributed by atoms with van der Waals surface area (Å²) in [5, 5.41) is 18.1. The van der Waals surface area contributed by atoms with Crippen molar-refractivity contribution in [1.82, 2.24) is 0 Å². The molecule has 0 fully saturated rings. The Bertz CT molecular complexity index is 3050. The van der Waals surface area contributed by atoms with E-state index in [2.05, 4.69) is 181 Å². The van der Waals surface area contributed by atoms with Crippen LogP contribution in [-0.4, -0.2) is 0 Å². The summed E-state index contributed by atoms with van der Waals surface area (Å²) in [5.74, 6) is 0. The van der Waals surface area contributed by atoms with Crippen LogP contribution in [0.5, 0.6) is 0 Å². The Kier molecular flexibility index (Phi) is 5.89. The number of fused-ring (bicyclic) bond motifs is 13. The molecule has 0 aliphatic carbocycles. The molecule has 0 atom stereocenters. The van der Waals surface area contributed by atoms with E-state index < -0.39 is 0 Å². The number of thiophene rings is 1. The Morgan fingerprint density at radius 1 is 0.280 bits per heavy atom. The van der Waals surface area contributed by atoms with Crippen LogP contribution in [0.3, 0.4) is 0 Å². The van der Waals surface area contributed by atoms with Gasteiger partial charge in [0.25, 0.3) is 0 Å². The standard InChI is InChI=1S/C48H29NS/c1-3-11-32-25-36(20-17-30(32)9-1)49(37-21-18-31-10-2-4-12-33(31)26-37)38-22-19-34-29-46-44(28-35(34)27-38)48-45(50-46)24-23-43-41-15-6-5-13-39(41)40-14-7-8-16-42(40)47(43)48/h1-29H. The van der Waals surface area contributed by atoms with Crippen molar-refractivity contribution < 1.29 is 0 Å². The highest BCUT2D eigenvalue weighted by molar-refractivity contribution is 7.26. The van der Waals surface area contributed by atoms with Gasteiger partial charge in [-0.15, -0.1) is 11.3 Å². The van der Waals surface area contributed by atoms with Crippen molar-refractivity contribution >= 4 is 113 Å². The summed E-state index contributed by atoms with van der Waals surface area (Å²) in [6.45, 7) is 0. The van der Waals surface area contributed by atoms with Crippen LogP contribution in [0.15, 0.2) is 176 Å². The zero-order chi connectivity index (χ0) is 32.8. The summed E-state index contributed by atoms with van der Waals surface area (Å²) in [4.78, 5) is 2.41. The largest absolute Gasteiger partial charge is 0.310 e. The molecule has 1 aromatic heterocycles. The van der Waals surface area contributed by atoms with Crippen LogP contribution >= 0.6 is 11.3 Å². The SMILES string of the molecule is c1ccc2cc(N(c3ccc4ccccc4c3)c3ccc4cc5sc6ccc7c8ccccc8c8ccccc8c7c6c5cc4c3)ccc2c1. The van der Waals surface area contributed by atoms with E-state index in [4.69, 9.17) is 0 Å². The van der Waals surface area contributed by atoms with Gasteiger partial charge in [-0.05, 0) is 119 Å². The maximum Gasteiger partial charge on any atom is 0.0468 e. The Morgan fingerprint density at radius 2 is 0.740 bits per heavy atom. The van der Waals surface area contributed by atoms with Gasteiger partial charge in [-0.25, -0.2) is 0 Å². The summed E-state index contributed by atoms with van der Waals surface area (Å²) >= 11 is 1.90. The summed E-state index contributed by atoms with van der Waals surface area (Å²) in [5.41, 5.74) is 3.43. The summed E-state index contributed by atoms with van der Waals surface area (Å²) in [6, 6.07) is 65.1. The van der Waals surface area contributed by atoms with Crippen molar-refractivity contribution in [3.63, 3.8) is 0 Å². The van der Waals surface area contributed by atoms with Crippen molar-refractivity contribution in [2.75, 3.05) is 4.90 Å². The molecule has 0 radical (unpaired) electrons. The minimum absolute atomic E-state index is 1.14. The van der Waals surface area contributed by atoms with Gasteiger partial charge in [0.15, 0.2) is 0 Å². The molecule has 11 aromatic rings. The van der Waals surface area contributed by atoms with Gasteiger partial charge in [0.05, 0.1) is 0 Å². The molecule has 11 rings (SSSR count). The first kappa shape index (κ1) is 27.7. The Hall–Kier alpha value is -6.22. The van der Waals surface area contributed by atoms with Gasteiger partial charge < -0.3 is 4.90 Å². The van der Waals surface area contributed by atoms with E-state index in [1.54, 1.807) is 0 Å². The molecule has 10 aromatic carbocycles. The van der Waals surface area contributed by atoms with Gasteiger partial charge in [0.2, 0.25) is 0 Å². The lowest BCUT2D eigenvalue weighted by molar-refractivity contribution is 1.30. The molecule has 0 spiro atoms. The number of nitrogens with zero attached hydrogens (tertiary/aromatic N) is 1. The van der Waals surface area contributed by atoms with Gasteiger partial charge in [-0.1, -0.05) is 121 Å². The van der Waals surface area contributed by atoms with E-state index in [0.717, 1.165) is 17.1 Å². The lowest BCUT2D eigenvalue weighted by Gasteiger charge is -2.26. The Labute approximate surface area is 292 Å². The molecule has 0 aliphatic rings. The predicted molar refractivity (Wildman–Crippen MR) is 219 cm³/mol. The third-order valence-corrected chi connectivity index (χ3v) is 11.6. The molecule has 1 nitrogen and oxygen atoms in total. The van der Waals surface area contributed by atoms with E-state index in [1.165, 1.54) is 84.8 Å². The lowest BCUT2D eigenvalue weighted by Crippen LogP contribution is -2.10. The molecule has 0 bridgehead atoms. The molecule has 0 N–H and O–H groups in total. The molecule has 232 valence electrons. The van der Waals surface area contributed by atoms with Gasteiger partial charge >= 0.3 is 0 Å². The highest BCUT2D eigenvalue weighted by atomic mass is 32.1. The predicted octanol–water partition coefficient (Wildman–Crippen LogP) is 14.4. The van der Waals surface area contributed by atoms with Crippen LogP contribution in [0.25, 0.3) is 84.8 Å². The molecule has 1 heterocycles. The molecule has 50 heavy (non-hydrogen) atoms. The van der Waals surface area contributed by atoms with Crippen LogP contribution in [0.2, 0.25) is 0 Å². The van der Waals surface area contributed by atoms with E-state index in [9.17, 15) is 0 Å². The summed E-state index contributed by atoms with van der Waals surface area (Å²) in [7, 11) is 0. The van der Waals surface area contributed by atoms with Crippen molar-refractivity contribution in [1.29, 1.82) is 0 Å². The van der Waals surface area contributed by atoms with Crippen molar-refractivity contribution in [3.05, 3.63) is 176 Å². The van der Waals surface area contributed by atoms with E-state index in [1.807, 2.05) is 11.3 Å². The molecule has 0 amide bonds. The van der Waals surface area contributed by atoms with Crippen molar-refractivity contribution in [3.8, 4) is 0 Å². The zero-order valence-electron chi connectivity index (χ0n) is 27.1. The number of hydrogen-bond donors (Lipinski definition) is 0. The van der Waals surface area contributed by atoms with Gasteiger partial charge in [-0.2, -0.15) is 0 Å². The quantitative estimate of drug-likeness (QED) is 0.172. The average molecular weight is 652 g/mol. The van der Waals surface area contributed by atoms with Gasteiger partial charge in [0.1, 0.15) is 0 Å². The fraction of sp³-hybridized carbons (Fsp3) is 0. The molecule has 0 saturated heterocycles. The van der Waals surface area contributed by atoms with Crippen molar-refractivity contribution in [2.24, 2.45) is 0 Å². The minimum atomic E-state index is 1.14. The molecule has 0 saturated carbocycles. The van der Waals surface area contributed by atoms with E-state index in [0.29, 0.717) is 0 Å².